The zero-order chi connectivity index (χ0) is 13.3. The highest BCUT2D eigenvalue weighted by Gasteiger charge is 2.39. The normalized spacial score (nSPS) is 11.6. The molecule has 1 heterocycles. The predicted octanol–water partition coefficient (Wildman–Crippen LogP) is 3.69. The molecule has 0 spiro atoms. The van der Waals surface area contributed by atoms with E-state index in [-0.39, 0.29) is 5.56 Å². The number of ketones is 1. The van der Waals surface area contributed by atoms with Crippen LogP contribution in [0.3, 0.4) is 0 Å². The predicted molar refractivity (Wildman–Crippen MR) is 59.1 cm³/mol. The zero-order valence-corrected chi connectivity index (χ0v) is 10.2. The molecular weight excluding hydrogens is 315 g/mol. The number of carbonyl (C=O) groups excluding carboxylic acids is 1. The third-order valence-corrected chi connectivity index (χ3v) is 2.89. The van der Waals surface area contributed by atoms with Gasteiger partial charge in [0.05, 0.1) is 6.20 Å². The molecule has 0 saturated carbocycles. The van der Waals surface area contributed by atoms with Crippen molar-refractivity contribution in [3.63, 3.8) is 0 Å². The fourth-order valence-corrected chi connectivity index (χ4v) is 1.84. The summed E-state index contributed by atoms with van der Waals surface area (Å²) in [4.78, 5) is 11.9. The van der Waals surface area contributed by atoms with Crippen molar-refractivity contribution in [1.29, 1.82) is 0 Å². The minimum absolute atomic E-state index is 0.0831. The van der Waals surface area contributed by atoms with E-state index in [1.54, 1.807) is 18.2 Å². The Morgan fingerprint density at radius 2 is 1.94 bits per heavy atom. The Kier molecular flexibility index (Phi) is 3.25. The van der Waals surface area contributed by atoms with Gasteiger partial charge in [0.15, 0.2) is 0 Å². The fourth-order valence-electron chi connectivity index (χ4n) is 1.37. The third-order valence-electron chi connectivity index (χ3n) is 2.20. The summed E-state index contributed by atoms with van der Waals surface area (Å²) >= 11 is 3.09. The van der Waals surface area contributed by atoms with Crippen molar-refractivity contribution in [3.05, 3.63) is 51.8 Å². The van der Waals surface area contributed by atoms with Crippen LogP contribution < -0.4 is 0 Å². The largest absolute Gasteiger partial charge is 0.421 e. The quantitative estimate of drug-likeness (QED) is 0.793. The Hall–Kier alpha value is -1.63. The van der Waals surface area contributed by atoms with Crippen molar-refractivity contribution >= 4 is 21.7 Å². The summed E-state index contributed by atoms with van der Waals surface area (Å²) in [6, 6.07) is 6.14. The summed E-state index contributed by atoms with van der Waals surface area (Å²) in [5.74, 6) is -1.68. The molecule has 18 heavy (non-hydrogen) atoms. The van der Waals surface area contributed by atoms with Crippen molar-refractivity contribution < 1.29 is 22.5 Å². The number of rotatable bonds is 2. The second-order valence-electron chi connectivity index (χ2n) is 3.38. The Labute approximate surface area is 108 Å². The van der Waals surface area contributed by atoms with Gasteiger partial charge in [-0.1, -0.05) is 33.2 Å². The number of nitrogens with zero attached hydrogens (tertiary/aromatic N) is 1. The molecular formula is C11H5BrF3NO2. The zero-order valence-electron chi connectivity index (χ0n) is 8.66. The molecule has 1 aromatic carbocycles. The van der Waals surface area contributed by atoms with Crippen LogP contribution in [0.2, 0.25) is 0 Å². The molecule has 0 radical (unpaired) electrons. The van der Waals surface area contributed by atoms with Crippen LogP contribution in [-0.4, -0.2) is 10.9 Å². The molecule has 0 aliphatic heterocycles. The summed E-state index contributed by atoms with van der Waals surface area (Å²) < 4.78 is 42.6. The van der Waals surface area contributed by atoms with Gasteiger partial charge in [0.25, 0.3) is 0 Å². The van der Waals surface area contributed by atoms with Gasteiger partial charge in [-0.2, -0.15) is 13.2 Å². The molecule has 2 rings (SSSR count). The van der Waals surface area contributed by atoms with Gasteiger partial charge in [0.1, 0.15) is 5.56 Å². The molecule has 0 atom stereocenters. The lowest BCUT2D eigenvalue weighted by atomic mass is 10.1. The molecule has 0 amide bonds. The number of hydrogen-bond donors (Lipinski definition) is 0. The van der Waals surface area contributed by atoms with Crippen molar-refractivity contribution in [1.82, 2.24) is 5.16 Å². The lowest BCUT2D eigenvalue weighted by Gasteiger charge is -2.05. The number of halogens is 4. The molecule has 0 saturated heterocycles. The first-order valence-electron chi connectivity index (χ1n) is 4.72. The Morgan fingerprint density at radius 3 is 2.56 bits per heavy atom. The number of aromatic nitrogens is 1. The van der Waals surface area contributed by atoms with Crippen molar-refractivity contribution in [2.24, 2.45) is 0 Å². The Morgan fingerprint density at radius 1 is 1.28 bits per heavy atom. The molecule has 1 aromatic heterocycles. The second kappa shape index (κ2) is 4.56. The van der Waals surface area contributed by atoms with E-state index in [9.17, 15) is 18.0 Å². The molecule has 2 aromatic rings. The van der Waals surface area contributed by atoms with Gasteiger partial charge in [0.2, 0.25) is 11.5 Å². The van der Waals surface area contributed by atoms with Crippen LogP contribution in [0.1, 0.15) is 21.7 Å². The van der Waals surface area contributed by atoms with Crippen molar-refractivity contribution in [2.75, 3.05) is 0 Å². The average Bonchev–Trinajstić information content (AvgIpc) is 2.77. The monoisotopic (exact) mass is 319 g/mol. The first kappa shape index (κ1) is 12.8. The summed E-state index contributed by atoms with van der Waals surface area (Å²) in [6.45, 7) is 0. The highest BCUT2D eigenvalue weighted by Crippen LogP contribution is 2.33. The van der Waals surface area contributed by atoms with E-state index in [0.717, 1.165) is 0 Å². The molecule has 0 bridgehead atoms. The standard InChI is InChI=1S/C11H5BrF3NO2/c12-8-4-2-1-3-6(8)9(17)10-7(5-16-18-10)11(13,14)15/h1-5H. The van der Waals surface area contributed by atoms with Crippen molar-refractivity contribution in [3.8, 4) is 0 Å². The van der Waals surface area contributed by atoms with Gasteiger partial charge in [-0.05, 0) is 12.1 Å². The van der Waals surface area contributed by atoms with Crippen LogP contribution >= 0.6 is 15.9 Å². The number of benzene rings is 1. The summed E-state index contributed by atoms with van der Waals surface area (Å²) in [5, 5.41) is 3.03. The van der Waals surface area contributed by atoms with E-state index < -0.39 is 23.3 Å². The molecule has 0 aliphatic rings. The lowest BCUT2D eigenvalue weighted by molar-refractivity contribution is -0.138. The van der Waals surface area contributed by atoms with E-state index >= 15 is 0 Å². The van der Waals surface area contributed by atoms with Gasteiger partial charge in [-0.15, -0.1) is 0 Å². The number of carbonyl (C=O) groups is 1. The molecule has 3 nitrogen and oxygen atoms in total. The Balaban J connectivity index is 2.48. The minimum atomic E-state index is -4.67. The van der Waals surface area contributed by atoms with Gasteiger partial charge in [-0.3, -0.25) is 4.79 Å². The van der Waals surface area contributed by atoms with Crippen LogP contribution in [0.4, 0.5) is 13.2 Å². The fraction of sp³-hybridized carbons (Fsp3) is 0.0909. The maximum Gasteiger partial charge on any atom is 0.421 e. The molecule has 0 fully saturated rings. The van der Waals surface area contributed by atoms with E-state index in [4.69, 9.17) is 0 Å². The van der Waals surface area contributed by atoms with Gasteiger partial charge < -0.3 is 4.52 Å². The first-order valence-corrected chi connectivity index (χ1v) is 5.51. The van der Waals surface area contributed by atoms with Crippen LogP contribution in [0.25, 0.3) is 0 Å². The molecule has 0 N–H and O–H groups in total. The number of hydrogen-bond acceptors (Lipinski definition) is 3. The highest BCUT2D eigenvalue weighted by molar-refractivity contribution is 9.10. The van der Waals surface area contributed by atoms with Crippen molar-refractivity contribution in [2.45, 2.75) is 6.18 Å². The van der Waals surface area contributed by atoms with Crippen LogP contribution in [0, 0.1) is 0 Å². The van der Waals surface area contributed by atoms with E-state index in [2.05, 4.69) is 25.6 Å². The van der Waals surface area contributed by atoms with E-state index in [1.807, 2.05) is 0 Å². The third kappa shape index (κ3) is 2.31. The first-order chi connectivity index (χ1) is 8.41. The SMILES string of the molecule is O=C(c1ccccc1Br)c1oncc1C(F)(F)F. The summed E-state index contributed by atoms with van der Waals surface area (Å²) in [5.41, 5.74) is -1.09. The Bertz CT molecular complexity index is 592. The molecule has 94 valence electrons. The smallest absolute Gasteiger partial charge is 0.352 e. The summed E-state index contributed by atoms with van der Waals surface area (Å²) in [7, 11) is 0. The molecule has 0 aliphatic carbocycles. The minimum Gasteiger partial charge on any atom is -0.352 e. The van der Waals surface area contributed by atoms with Crippen LogP contribution in [0.15, 0.2) is 39.5 Å². The average molecular weight is 320 g/mol. The maximum absolute atomic E-state index is 12.6. The van der Waals surface area contributed by atoms with Crippen LogP contribution in [0.5, 0.6) is 0 Å². The summed E-state index contributed by atoms with van der Waals surface area (Å²) in [6.07, 6.45) is -4.18. The topological polar surface area (TPSA) is 43.1 Å². The van der Waals surface area contributed by atoms with Gasteiger partial charge in [-0.25, -0.2) is 0 Å². The highest BCUT2D eigenvalue weighted by atomic mass is 79.9. The maximum atomic E-state index is 12.6. The second-order valence-corrected chi connectivity index (χ2v) is 4.23. The lowest BCUT2D eigenvalue weighted by Crippen LogP contribution is -2.11. The van der Waals surface area contributed by atoms with Crippen LogP contribution in [-0.2, 0) is 6.18 Å². The molecule has 0 unspecified atom stereocenters. The number of alkyl halides is 3. The van der Waals surface area contributed by atoms with E-state index in [0.29, 0.717) is 10.7 Å². The van der Waals surface area contributed by atoms with Gasteiger partial charge in [0, 0.05) is 10.0 Å². The van der Waals surface area contributed by atoms with Gasteiger partial charge >= 0.3 is 6.18 Å². The molecule has 7 heteroatoms. The van der Waals surface area contributed by atoms with E-state index in [1.165, 1.54) is 6.07 Å².